The summed E-state index contributed by atoms with van der Waals surface area (Å²) in [6.07, 6.45) is -2.31. The van der Waals surface area contributed by atoms with Crippen LogP contribution in [0, 0.1) is 0 Å². The number of furan rings is 1. The fraction of sp³-hybridized carbons (Fsp3) is 0.231. The molecule has 0 radical (unpaired) electrons. The first-order chi connectivity index (χ1) is 8.97. The van der Waals surface area contributed by atoms with Gasteiger partial charge in [-0.3, -0.25) is 0 Å². The van der Waals surface area contributed by atoms with Crippen molar-refractivity contribution < 1.29 is 17.6 Å². The van der Waals surface area contributed by atoms with Crippen molar-refractivity contribution in [2.75, 3.05) is 11.9 Å². The molecule has 2 rings (SSSR count). The van der Waals surface area contributed by atoms with E-state index in [1.807, 2.05) is 0 Å². The van der Waals surface area contributed by atoms with E-state index in [0.717, 1.165) is 11.8 Å². The third-order valence-corrected chi connectivity index (χ3v) is 3.05. The van der Waals surface area contributed by atoms with E-state index in [-0.39, 0.29) is 5.69 Å². The highest BCUT2D eigenvalue weighted by Gasteiger charge is 2.33. The van der Waals surface area contributed by atoms with Crippen LogP contribution in [0.15, 0.2) is 45.5 Å². The average molecular weight is 334 g/mol. The first-order valence-electron chi connectivity index (χ1n) is 5.60. The summed E-state index contributed by atoms with van der Waals surface area (Å²) in [6.45, 7) is 0.373. The van der Waals surface area contributed by atoms with Gasteiger partial charge in [0.15, 0.2) is 0 Å². The van der Waals surface area contributed by atoms with Crippen LogP contribution in [0.1, 0.15) is 11.3 Å². The first kappa shape index (κ1) is 14.0. The van der Waals surface area contributed by atoms with E-state index in [0.29, 0.717) is 17.4 Å². The fourth-order valence-electron chi connectivity index (χ4n) is 1.68. The molecule has 6 heteroatoms. The molecular formula is C13H11BrF3NO. The smallest absolute Gasteiger partial charge is 0.418 e. The SMILES string of the molecule is FC(F)(F)c1cc(Br)ccc1NCCc1ccco1. The van der Waals surface area contributed by atoms with Crippen LogP contribution in [0.4, 0.5) is 18.9 Å². The number of halogens is 4. The monoisotopic (exact) mass is 333 g/mol. The van der Waals surface area contributed by atoms with E-state index < -0.39 is 11.7 Å². The Balaban J connectivity index is 2.07. The summed E-state index contributed by atoms with van der Waals surface area (Å²) >= 11 is 3.05. The Bertz CT molecular complexity index is 537. The van der Waals surface area contributed by atoms with Crippen LogP contribution in [-0.2, 0) is 12.6 Å². The van der Waals surface area contributed by atoms with Crippen LogP contribution >= 0.6 is 15.9 Å². The number of anilines is 1. The minimum Gasteiger partial charge on any atom is -0.469 e. The van der Waals surface area contributed by atoms with Crippen molar-refractivity contribution in [2.24, 2.45) is 0 Å². The maximum Gasteiger partial charge on any atom is 0.418 e. The summed E-state index contributed by atoms with van der Waals surface area (Å²) in [4.78, 5) is 0. The van der Waals surface area contributed by atoms with Gasteiger partial charge in [-0.15, -0.1) is 0 Å². The zero-order valence-corrected chi connectivity index (χ0v) is 11.4. The Morgan fingerprint density at radius 1 is 1.21 bits per heavy atom. The maximum absolute atomic E-state index is 12.8. The minimum atomic E-state index is -4.38. The summed E-state index contributed by atoms with van der Waals surface area (Å²) in [6, 6.07) is 7.58. The van der Waals surface area contributed by atoms with E-state index >= 15 is 0 Å². The quantitative estimate of drug-likeness (QED) is 0.876. The van der Waals surface area contributed by atoms with E-state index in [1.54, 1.807) is 18.2 Å². The second-order valence-electron chi connectivity index (χ2n) is 3.94. The predicted molar refractivity (Wildman–Crippen MR) is 70.0 cm³/mol. The summed E-state index contributed by atoms with van der Waals surface area (Å²) in [5.41, 5.74) is -0.608. The normalized spacial score (nSPS) is 11.6. The number of alkyl halides is 3. The van der Waals surface area contributed by atoms with E-state index in [9.17, 15) is 13.2 Å². The molecule has 0 saturated carbocycles. The van der Waals surface area contributed by atoms with Crippen LogP contribution < -0.4 is 5.32 Å². The van der Waals surface area contributed by atoms with Crippen molar-refractivity contribution in [2.45, 2.75) is 12.6 Å². The molecule has 0 saturated heterocycles. The van der Waals surface area contributed by atoms with Gasteiger partial charge in [-0.05, 0) is 30.3 Å². The van der Waals surface area contributed by atoms with Crippen LogP contribution in [-0.4, -0.2) is 6.54 Å². The average Bonchev–Trinajstić information content (AvgIpc) is 2.83. The first-order valence-corrected chi connectivity index (χ1v) is 6.39. The number of hydrogen-bond acceptors (Lipinski definition) is 2. The maximum atomic E-state index is 12.8. The molecule has 2 nitrogen and oxygen atoms in total. The van der Waals surface area contributed by atoms with Crippen LogP contribution in [0.2, 0.25) is 0 Å². The number of hydrogen-bond donors (Lipinski definition) is 1. The van der Waals surface area contributed by atoms with Gasteiger partial charge < -0.3 is 9.73 Å². The molecule has 102 valence electrons. The number of rotatable bonds is 4. The Morgan fingerprint density at radius 2 is 2.00 bits per heavy atom. The largest absolute Gasteiger partial charge is 0.469 e. The van der Waals surface area contributed by atoms with Crippen molar-refractivity contribution in [3.05, 3.63) is 52.4 Å². The molecule has 1 aromatic heterocycles. The highest BCUT2D eigenvalue weighted by molar-refractivity contribution is 9.10. The topological polar surface area (TPSA) is 25.2 Å². The van der Waals surface area contributed by atoms with Crippen molar-refractivity contribution in [3.8, 4) is 0 Å². The van der Waals surface area contributed by atoms with E-state index in [1.165, 1.54) is 12.3 Å². The fourth-order valence-corrected chi connectivity index (χ4v) is 2.04. The number of benzene rings is 1. The minimum absolute atomic E-state index is 0.0715. The summed E-state index contributed by atoms with van der Waals surface area (Å²) in [7, 11) is 0. The van der Waals surface area contributed by atoms with Crippen molar-refractivity contribution in [1.29, 1.82) is 0 Å². The van der Waals surface area contributed by atoms with Crippen molar-refractivity contribution in [1.82, 2.24) is 0 Å². The molecule has 1 heterocycles. The predicted octanol–water partition coefficient (Wildman–Crippen LogP) is 4.72. The third kappa shape index (κ3) is 3.76. The Labute approximate surface area is 116 Å². The van der Waals surface area contributed by atoms with E-state index in [2.05, 4.69) is 21.2 Å². The van der Waals surface area contributed by atoms with Crippen molar-refractivity contribution >= 4 is 21.6 Å². The number of nitrogens with one attached hydrogen (secondary N) is 1. The lowest BCUT2D eigenvalue weighted by molar-refractivity contribution is -0.137. The molecule has 2 aromatic rings. The van der Waals surface area contributed by atoms with Gasteiger partial charge in [0.25, 0.3) is 0 Å². The molecule has 0 amide bonds. The summed E-state index contributed by atoms with van der Waals surface area (Å²) in [5.74, 6) is 0.734. The lowest BCUT2D eigenvalue weighted by atomic mass is 10.1. The second-order valence-corrected chi connectivity index (χ2v) is 4.86. The molecule has 1 aromatic carbocycles. The zero-order valence-electron chi connectivity index (χ0n) is 9.80. The van der Waals surface area contributed by atoms with Crippen LogP contribution in [0.5, 0.6) is 0 Å². The Morgan fingerprint density at radius 3 is 2.63 bits per heavy atom. The molecule has 0 aliphatic heterocycles. The molecule has 0 spiro atoms. The zero-order chi connectivity index (χ0) is 13.9. The molecule has 0 unspecified atom stereocenters. The van der Waals surface area contributed by atoms with Crippen LogP contribution in [0.25, 0.3) is 0 Å². The molecule has 0 aliphatic carbocycles. The molecule has 0 bridgehead atoms. The van der Waals surface area contributed by atoms with Gasteiger partial charge in [-0.1, -0.05) is 15.9 Å². The molecular weight excluding hydrogens is 323 g/mol. The lowest BCUT2D eigenvalue weighted by Crippen LogP contribution is -2.12. The van der Waals surface area contributed by atoms with Crippen LogP contribution in [0.3, 0.4) is 0 Å². The standard InChI is InChI=1S/C13H11BrF3NO/c14-9-3-4-12(11(8-9)13(15,16)17)18-6-5-10-2-1-7-19-10/h1-4,7-8,18H,5-6H2. The molecule has 19 heavy (non-hydrogen) atoms. The van der Waals surface area contributed by atoms with Gasteiger partial charge in [0.1, 0.15) is 5.76 Å². The Hall–Kier alpha value is -1.43. The summed E-state index contributed by atoms with van der Waals surface area (Å²) < 4.78 is 44.1. The molecule has 0 atom stereocenters. The van der Waals surface area contributed by atoms with Gasteiger partial charge in [-0.25, -0.2) is 0 Å². The molecule has 0 fully saturated rings. The van der Waals surface area contributed by atoms with Gasteiger partial charge in [-0.2, -0.15) is 13.2 Å². The summed E-state index contributed by atoms with van der Waals surface area (Å²) in [5, 5.41) is 2.78. The van der Waals surface area contributed by atoms with E-state index in [4.69, 9.17) is 4.42 Å². The van der Waals surface area contributed by atoms with Gasteiger partial charge in [0.05, 0.1) is 11.8 Å². The lowest BCUT2D eigenvalue weighted by Gasteiger charge is -2.14. The van der Waals surface area contributed by atoms with Crippen molar-refractivity contribution in [3.63, 3.8) is 0 Å². The highest BCUT2D eigenvalue weighted by Crippen LogP contribution is 2.36. The van der Waals surface area contributed by atoms with Gasteiger partial charge in [0.2, 0.25) is 0 Å². The molecule has 0 aliphatic rings. The Kier molecular flexibility index (Phi) is 4.19. The van der Waals surface area contributed by atoms with Gasteiger partial charge in [0, 0.05) is 23.1 Å². The molecule has 1 N–H and O–H groups in total. The highest BCUT2D eigenvalue weighted by atomic mass is 79.9. The second kappa shape index (κ2) is 5.69. The van der Waals surface area contributed by atoms with Gasteiger partial charge >= 0.3 is 6.18 Å². The third-order valence-electron chi connectivity index (χ3n) is 2.55.